The van der Waals surface area contributed by atoms with Crippen LogP contribution in [0.4, 0.5) is 41.7 Å². The fourth-order valence-electron chi connectivity index (χ4n) is 8.19. The third-order valence-electron chi connectivity index (χ3n) is 10.6. The Hall–Kier alpha value is -5.35. The van der Waals surface area contributed by atoms with Crippen molar-refractivity contribution in [2.75, 3.05) is 42.2 Å². The number of pyridine rings is 1. The van der Waals surface area contributed by atoms with E-state index < -0.39 is 81.0 Å². The van der Waals surface area contributed by atoms with Crippen molar-refractivity contribution in [3.63, 3.8) is 0 Å². The van der Waals surface area contributed by atoms with Crippen LogP contribution >= 0.6 is 11.3 Å². The Morgan fingerprint density at radius 2 is 1.78 bits per heavy atom. The molecule has 310 valence electrons. The average Bonchev–Trinajstić information content (AvgIpc) is 3.42. The summed E-state index contributed by atoms with van der Waals surface area (Å²) in [5, 5.41) is 11.6. The number of alkyl halides is 5. The summed E-state index contributed by atoms with van der Waals surface area (Å²) in [6.45, 7) is 0.959. The van der Waals surface area contributed by atoms with Gasteiger partial charge in [-0.2, -0.15) is 37.1 Å². The van der Waals surface area contributed by atoms with E-state index in [-0.39, 0.29) is 35.6 Å². The van der Waals surface area contributed by atoms with E-state index in [0.717, 1.165) is 18.4 Å². The minimum Gasteiger partial charge on any atom is -0.378 e. The lowest BCUT2D eigenvalue weighted by atomic mass is 9.94. The van der Waals surface area contributed by atoms with Gasteiger partial charge in [0.15, 0.2) is 22.3 Å². The van der Waals surface area contributed by atoms with Crippen LogP contribution in [0.15, 0.2) is 42.5 Å². The number of sulfonamides is 1. The lowest BCUT2D eigenvalue weighted by Crippen LogP contribution is -2.36. The van der Waals surface area contributed by atoms with Gasteiger partial charge >= 0.3 is 6.18 Å². The van der Waals surface area contributed by atoms with Gasteiger partial charge in [0.25, 0.3) is 5.92 Å². The Morgan fingerprint density at radius 3 is 2.47 bits per heavy atom. The molecular weight excluding hydrogens is 832 g/mol. The summed E-state index contributed by atoms with van der Waals surface area (Å²) in [6, 6.07) is 8.14. The second-order valence-corrected chi connectivity index (χ2v) is 17.6. The zero-order chi connectivity index (χ0) is 41.8. The van der Waals surface area contributed by atoms with Crippen molar-refractivity contribution in [2.24, 2.45) is 13.0 Å². The van der Waals surface area contributed by atoms with Crippen molar-refractivity contribution in [2.45, 2.75) is 43.4 Å². The first-order valence-electron chi connectivity index (χ1n) is 18.2. The van der Waals surface area contributed by atoms with E-state index in [2.05, 4.69) is 20.2 Å². The van der Waals surface area contributed by atoms with Crippen LogP contribution in [-0.4, -0.2) is 76.4 Å². The normalized spacial score (nSPS) is 19.2. The third-order valence-corrected chi connectivity index (χ3v) is 12.3. The zero-order valence-electron chi connectivity index (χ0n) is 30.9. The van der Waals surface area contributed by atoms with Crippen molar-refractivity contribution in [1.29, 1.82) is 0 Å². The first-order valence-corrected chi connectivity index (χ1v) is 20.9. The summed E-state index contributed by atoms with van der Waals surface area (Å²) in [4.78, 5) is 25.7. The quantitative estimate of drug-likeness (QED) is 0.152. The maximum atomic E-state index is 15.5. The Morgan fingerprint density at radius 1 is 1.05 bits per heavy atom. The fraction of sp³-hybridized carbons (Fsp3) is 0.378. The van der Waals surface area contributed by atoms with Crippen LogP contribution in [0, 0.1) is 17.6 Å². The summed E-state index contributed by atoms with van der Waals surface area (Å²) in [5.74, 6) is -8.91. The number of aromatic nitrogens is 6. The van der Waals surface area contributed by atoms with E-state index >= 15 is 8.78 Å². The number of hydrogen-bond donors (Lipinski definition) is 2. The molecule has 22 heteroatoms. The smallest absolute Gasteiger partial charge is 0.378 e. The molecule has 9 rings (SSSR count). The van der Waals surface area contributed by atoms with Crippen LogP contribution in [0.5, 0.6) is 0 Å². The number of amides is 1. The summed E-state index contributed by atoms with van der Waals surface area (Å²) < 4.78 is 137. The van der Waals surface area contributed by atoms with Crippen LogP contribution in [0.1, 0.15) is 46.6 Å². The Kier molecular flexibility index (Phi) is 9.20. The van der Waals surface area contributed by atoms with Gasteiger partial charge in [0, 0.05) is 54.2 Å². The van der Waals surface area contributed by atoms with Gasteiger partial charge in [0.2, 0.25) is 15.9 Å². The van der Waals surface area contributed by atoms with E-state index in [1.165, 1.54) is 16.0 Å². The molecule has 0 spiro atoms. The molecule has 1 amide bonds. The molecule has 1 saturated heterocycles. The number of carbonyl (C=O) groups excluding carboxylic acids is 1. The van der Waals surface area contributed by atoms with Crippen LogP contribution in [0.3, 0.4) is 0 Å². The molecule has 2 fully saturated rings. The number of anilines is 2. The Balaban J connectivity index is 1.20. The highest BCUT2D eigenvalue weighted by molar-refractivity contribution is 7.92. The maximum absolute atomic E-state index is 15.5. The third kappa shape index (κ3) is 7.13. The molecule has 2 N–H and O–H groups in total. The largest absolute Gasteiger partial charge is 0.435 e. The number of rotatable bonds is 10. The number of carbonyl (C=O) groups is 1. The molecule has 1 saturated carbocycles. The molecule has 1 aliphatic heterocycles. The first-order chi connectivity index (χ1) is 27.9. The molecule has 3 atom stereocenters. The van der Waals surface area contributed by atoms with Gasteiger partial charge in [-0.1, -0.05) is 23.5 Å². The van der Waals surface area contributed by atoms with Gasteiger partial charge in [0.05, 0.1) is 41.4 Å². The van der Waals surface area contributed by atoms with Gasteiger partial charge in [-0.25, -0.2) is 22.2 Å². The van der Waals surface area contributed by atoms with Crippen LogP contribution in [0.2, 0.25) is 0 Å². The van der Waals surface area contributed by atoms with Crippen molar-refractivity contribution in [3.05, 3.63) is 82.3 Å². The molecule has 13 nitrogen and oxygen atoms in total. The van der Waals surface area contributed by atoms with Gasteiger partial charge in [-0.3, -0.25) is 18.9 Å². The Labute approximate surface area is 334 Å². The number of morpholine rings is 1. The maximum Gasteiger partial charge on any atom is 0.435 e. The van der Waals surface area contributed by atoms with Crippen LogP contribution in [-0.2, 0) is 51.7 Å². The number of fused-ring (bicyclic) bond motifs is 5. The standard InChI is InChI=1S/C37H32F7N9O4S2/c1-51-30-20(4-3-5-21(30)33(49-51)50-59(2,55)56)22-15-26-34(47-35(58-26)52-6-8-57-9-7-52)46-29(22)25(12-17-10-18(38)13-19(39)11-17)45-27(54)16-53-32-28(31(48-53)37(42,43)44)23-14-24(23)36(32,40)41/h3-5,10-11,13,15,23-25H,6-9,12,14,16H2,1-2H3,(H,45,54)(H,49,50)/t23-,24+,25-/m0/s1. The molecular formula is C37H32F7N9O4S2. The second-order valence-electron chi connectivity index (χ2n) is 14.8. The molecule has 6 aromatic rings. The number of ether oxygens (including phenoxy) is 1. The van der Waals surface area contributed by atoms with Crippen molar-refractivity contribution in [1.82, 2.24) is 34.8 Å². The van der Waals surface area contributed by atoms with Gasteiger partial charge in [-0.05, 0) is 48.6 Å². The predicted molar refractivity (Wildman–Crippen MR) is 202 cm³/mol. The van der Waals surface area contributed by atoms with Gasteiger partial charge in [0.1, 0.15) is 23.9 Å². The summed E-state index contributed by atoms with van der Waals surface area (Å²) >= 11 is 1.32. The number of halogens is 7. The Bertz CT molecular complexity index is 2780. The number of nitrogens with zero attached hydrogens (tertiary/aromatic N) is 7. The molecule has 59 heavy (non-hydrogen) atoms. The summed E-state index contributed by atoms with van der Waals surface area (Å²) in [5.41, 5.74) is -1.47. The molecule has 2 aromatic carbocycles. The van der Waals surface area contributed by atoms with Crippen molar-refractivity contribution in [3.8, 4) is 11.1 Å². The van der Waals surface area contributed by atoms with Crippen LogP contribution in [0.25, 0.3) is 32.4 Å². The lowest BCUT2D eigenvalue weighted by molar-refractivity contribution is -0.142. The summed E-state index contributed by atoms with van der Waals surface area (Å²) in [6.07, 6.45) is -4.56. The van der Waals surface area contributed by atoms with E-state index in [4.69, 9.17) is 14.7 Å². The minimum absolute atomic E-state index is 0.0225. The summed E-state index contributed by atoms with van der Waals surface area (Å²) in [7, 11) is -2.19. The highest BCUT2D eigenvalue weighted by atomic mass is 32.2. The minimum atomic E-state index is -5.06. The number of nitrogens with one attached hydrogen (secondary N) is 2. The number of thiazole rings is 1. The first kappa shape index (κ1) is 39.1. The highest BCUT2D eigenvalue weighted by Crippen LogP contribution is 2.68. The molecule has 5 heterocycles. The molecule has 0 radical (unpaired) electrons. The number of para-hydroxylation sites is 1. The van der Waals surface area contributed by atoms with E-state index in [9.17, 15) is 35.2 Å². The number of hydrogen-bond acceptors (Lipinski definition) is 10. The van der Waals surface area contributed by atoms with Crippen molar-refractivity contribution >= 4 is 59.5 Å². The van der Waals surface area contributed by atoms with E-state index in [1.807, 2.05) is 4.90 Å². The van der Waals surface area contributed by atoms with Gasteiger partial charge in [-0.15, -0.1) is 0 Å². The van der Waals surface area contributed by atoms with Crippen LogP contribution < -0.4 is 14.9 Å². The average molecular weight is 864 g/mol. The fourth-order valence-corrected chi connectivity index (χ4v) is 9.69. The molecule has 4 aromatic heterocycles. The van der Waals surface area contributed by atoms with Crippen molar-refractivity contribution < 1.29 is 48.7 Å². The van der Waals surface area contributed by atoms with Gasteiger partial charge < -0.3 is 15.0 Å². The topological polar surface area (TPSA) is 149 Å². The second kappa shape index (κ2) is 13.9. The van der Waals surface area contributed by atoms with E-state index in [0.29, 0.717) is 68.9 Å². The lowest BCUT2D eigenvalue weighted by Gasteiger charge is -2.25. The molecule has 0 unspecified atom stereocenters. The number of aryl methyl sites for hydroxylation is 1. The SMILES string of the molecule is Cn1nc(NS(C)(=O)=O)c2cccc(-c3cc4sc(N5CCOCC5)nc4nc3[C@H](Cc3cc(F)cc(F)c3)NC(=O)Cn3nc(C(F)(F)F)c4c3C(F)(F)[C@@H]3C[C@H]43)c21. The molecule has 2 aliphatic carbocycles. The monoisotopic (exact) mass is 863 g/mol. The molecule has 3 aliphatic rings. The highest BCUT2D eigenvalue weighted by Gasteiger charge is 2.68. The number of benzene rings is 2. The zero-order valence-corrected chi connectivity index (χ0v) is 32.6. The van der Waals surface area contributed by atoms with E-state index in [1.54, 1.807) is 31.3 Å². The molecule has 0 bridgehead atoms. The predicted octanol–water partition coefficient (Wildman–Crippen LogP) is 6.26.